The van der Waals surface area contributed by atoms with Crippen LogP contribution in [0.5, 0.6) is 11.5 Å². The molecule has 0 atom stereocenters. The maximum atomic E-state index is 12.2. The van der Waals surface area contributed by atoms with Gasteiger partial charge in [0.2, 0.25) is 11.8 Å². The Labute approximate surface area is 146 Å². The van der Waals surface area contributed by atoms with Crippen LogP contribution >= 0.6 is 0 Å². The van der Waals surface area contributed by atoms with E-state index in [2.05, 4.69) is 5.32 Å². The summed E-state index contributed by atoms with van der Waals surface area (Å²) in [5.41, 5.74) is 0.600. The lowest BCUT2D eigenvalue weighted by Gasteiger charge is -2.19. The van der Waals surface area contributed by atoms with Gasteiger partial charge in [-0.2, -0.15) is 0 Å². The first kappa shape index (κ1) is 18.4. The van der Waals surface area contributed by atoms with E-state index in [1.54, 1.807) is 48.6 Å². The molecule has 134 valence electrons. The summed E-state index contributed by atoms with van der Waals surface area (Å²) < 4.78 is 15.6. The average molecular weight is 346 g/mol. The summed E-state index contributed by atoms with van der Waals surface area (Å²) in [6.07, 6.45) is 1.73. The van der Waals surface area contributed by atoms with Crippen molar-refractivity contribution in [3.63, 3.8) is 0 Å². The van der Waals surface area contributed by atoms with Crippen LogP contribution in [0.3, 0.4) is 0 Å². The van der Waals surface area contributed by atoms with E-state index >= 15 is 0 Å². The van der Waals surface area contributed by atoms with Gasteiger partial charge in [-0.25, -0.2) is 0 Å². The lowest BCUT2D eigenvalue weighted by molar-refractivity contribution is -0.130. The Bertz CT molecular complexity index is 712. The molecule has 1 heterocycles. The summed E-state index contributed by atoms with van der Waals surface area (Å²) in [6, 6.07) is 8.68. The van der Waals surface area contributed by atoms with Gasteiger partial charge in [0, 0.05) is 31.6 Å². The van der Waals surface area contributed by atoms with Crippen LogP contribution in [-0.4, -0.2) is 37.5 Å². The van der Waals surface area contributed by atoms with Crippen molar-refractivity contribution in [2.45, 2.75) is 19.9 Å². The minimum atomic E-state index is -0.196. The number of furan rings is 1. The number of ether oxygens (including phenoxy) is 2. The molecule has 2 rings (SSSR count). The van der Waals surface area contributed by atoms with Crippen molar-refractivity contribution in [1.29, 1.82) is 0 Å². The first-order valence-electron chi connectivity index (χ1n) is 7.83. The Morgan fingerprint density at radius 3 is 2.52 bits per heavy atom. The normalized spacial score (nSPS) is 10.2. The number of carbonyl (C=O) groups is 2. The number of benzene rings is 1. The van der Waals surface area contributed by atoms with Crippen molar-refractivity contribution in [3.8, 4) is 11.5 Å². The lowest BCUT2D eigenvalue weighted by Crippen LogP contribution is -2.31. The number of methoxy groups -OCH3 is 2. The standard InChI is InChI=1S/C18H22N2O5/c1-13(21)20(12-15-5-4-10-25-15)9-8-18(22)19-14-6-7-16(23-2)17(11-14)24-3/h4-7,10-11H,8-9,12H2,1-3H3,(H,19,22). The minimum absolute atomic E-state index is 0.115. The van der Waals surface area contributed by atoms with Crippen LogP contribution in [0.15, 0.2) is 41.0 Å². The Morgan fingerprint density at radius 1 is 1.16 bits per heavy atom. The van der Waals surface area contributed by atoms with Crippen LogP contribution in [-0.2, 0) is 16.1 Å². The number of nitrogens with zero attached hydrogens (tertiary/aromatic N) is 1. The molecular weight excluding hydrogens is 324 g/mol. The molecule has 2 amide bonds. The molecule has 0 bridgehead atoms. The number of anilines is 1. The molecule has 0 radical (unpaired) electrons. The van der Waals surface area contributed by atoms with Gasteiger partial charge in [-0.05, 0) is 24.3 Å². The van der Waals surface area contributed by atoms with Gasteiger partial charge >= 0.3 is 0 Å². The molecule has 1 N–H and O–H groups in total. The van der Waals surface area contributed by atoms with Gasteiger partial charge in [-0.1, -0.05) is 0 Å². The van der Waals surface area contributed by atoms with Crippen LogP contribution in [0.2, 0.25) is 0 Å². The molecule has 1 aromatic carbocycles. The number of nitrogens with one attached hydrogen (secondary N) is 1. The summed E-state index contributed by atoms with van der Waals surface area (Å²) in [6.45, 7) is 2.11. The molecule has 0 aliphatic carbocycles. The Balaban J connectivity index is 1.91. The van der Waals surface area contributed by atoms with Gasteiger partial charge < -0.3 is 24.1 Å². The summed E-state index contributed by atoms with van der Waals surface area (Å²) in [4.78, 5) is 25.4. The Kier molecular flexibility index (Phi) is 6.45. The van der Waals surface area contributed by atoms with Crippen molar-refractivity contribution >= 4 is 17.5 Å². The number of hydrogen-bond donors (Lipinski definition) is 1. The molecule has 0 unspecified atom stereocenters. The third-order valence-corrected chi connectivity index (χ3v) is 3.65. The molecule has 7 heteroatoms. The quantitative estimate of drug-likeness (QED) is 0.795. The summed E-state index contributed by atoms with van der Waals surface area (Å²) in [5.74, 6) is 1.48. The molecule has 1 aromatic heterocycles. The van der Waals surface area contributed by atoms with E-state index in [0.29, 0.717) is 36.0 Å². The predicted octanol–water partition coefficient (Wildman–Crippen LogP) is 2.67. The molecule has 7 nitrogen and oxygen atoms in total. The van der Waals surface area contributed by atoms with Gasteiger partial charge in [0.05, 0.1) is 27.0 Å². The van der Waals surface area contributed by atoms with E-state index in [9.17, 15) is 9.59 Å². The van der Waals surface area contributed by atoms with E-state index in [4.69, 9.17) is 13.9 Å². The first-order valence-corrected chi connectivity index (χ1v) is 7.83. The molecule has 2 aromatic rings. The highest BCUT2D eigenvalue weighted by Crippen LogP contribution is 2.29. The van der Waals surface area contributed by atoms with Crippen LogP contribution in [0.1, 0.15) is 19.1 Å². The zero-order valence-corrected chi connectivity index (χ0v) is 14.6. The zero-order valence-electron chi connectivity index (χ0n) is 14.6. The number of amides is 2. The highest BCUT2D eigenvalue weighted by molar-refractivity contribution is 5.91. The van der Waals surface area contributed by atoms with Gasteiger partial charge in [0.15, 0.2) is 11.5 Å². The second-order valence-electron chi connectivity index (χ2n) is 5.39. The fourth-order valence-electron chi connectivity index (χ4n) is 2.31. The van der Waals surface area contributed by atoms with Gasteiger partial charge in [-0.15, -0.1) is 0 Å². The van der Waals surface area contributed by atoms with E-state index in [1.807, 2.05) is 0 Å². The van der Waals surface area contributed by atoms with Crippen LogP contribution in [0.25, 0.3) is 0 Å². The van der Waals surface area contributed by atoms with Gasteiger partial charge in [-0.3, -0.25) is 9.59 Å². The van der Waals surface area contributed by atoms with Crippen molar-refractivity contribution < 1.29 is 23.5 Å². The maximum Gasteiger partial charge on any atom is 0.226 e. The van der Waals surface area contributed by atoms with Crippen molar-refractivity contribution in [3.05, 3.63) is 42.4 Å². The zero-order chi connectivity index (χ0) is 18.2. The second-order valence-corrected chi connectivity index (χ2v) is 5.39. The van der Waals surface area contributed by atoms with Crippen LogP contribution in [0.4, 0.5) is 5.69 Å². The fraction of sp³-hybridized carbons (Fsp3) is 0.333. The van der Waals surface area contributed by atoms with Crippen LogP contribution < -0.4 is 14.8 Å². The van der Waals surface area contributed by atoms with Crippen molar-refractivity contribution in [2.24, 2.45) is 0 Å². The number of carbonyl (C=O) groups excluding carboxylic acids is 2. The SMILES string of the molecule is COc1ccc(NC(=O)CCN(Cc2ccco2)C(C)=O)cc1OC. The molecule has 0 saturated carbocycles. The van der Waals surface area contributed by atoms with E-state index in [1.165, 1.54) is 14.0 Å². The minimum Gasteiger partial charge on any atom is -0.493 e. The maximum absolute atomic E-state index is 12.2. The van der Waals surface area contributed by atoms with Crippen molar-refractivity contribution in [2.75, 3.05) is 26.1 Å². The van der Waals surface area contributed by atoms with E-state index in [-0.39, 0.29) is 18.2 Å². The third kappa shape index (κ3) is 5.27. The largest absolute Gasteiger partial charge is 0.493 e. The molecule has 0 aliphatic rings. The van der Waals surface area contributed by atoms with Gasteiger partial charge in [0.1, 0.15) is 5.76 Å². The highest BCUT2D eigenvalue weighted by Gasteiger charge is 2.14. The fourth-order valence-corrected chi connectivity index (χ4v) is 2.31. The van der Waals surface area contributed by atoms with Gasteiger partial charge in [0.25, 0.3) is 0 Å². The lowest BCUT2D eigenvalue weighted by atomic mass is 10.2. The molecule has 0 spiro atoms. The molecular formula is C18H22N2O5. The smallest absolute Gasteiger partial charge is 0.226 e. The average Bonchev–Trinajstić information content (AvgIpc) is 3.11. The summed E-state index contributed by atoms with van der Waals surface area (Å²) >= 11 is 0. The van der Waals surface area contributed by atoms with E-state index < -0.39 is 0 Å². The Hall–Kier alpha value is -2.96. The number of hydrogen-bond acceptors (Lipinski definition) is 5. The third-order valence-electron chi connectivity index (χ3n) is 3.65. The molecule has 0 fully saturated rings. The number of rotatable bonds is 8. The van der Waals surface area contributed by atoms with Crippen molar-refractivity contribution in [1.82, 2.24) is 4.90 Å². The molecule has 25 heavy (non-hydrogen) atoms. The first-order chi connectivity index (χ1) is 12.0. The van der Waals surface area contributed by atoms with E-state index in [0.717, 1.165) is 0 Å². The Morgan fingerprint density at radius 2 is 1.92 bits per heavy atom. The molecule has 0 saturated heterocycles. The monoisotopic (exact) mass is 346 g/mol. The topological polar surface area (TPSA) is 81.0 Å². The second kappa shape index (κ2) is 8.77. The summed E-state index contributed by atoms with van der Waals surface area (Å²) in [5, 5.41) is 2.79. The highest BCUT2D eigenvalue weighted by atomic mass is 16.5. The predicted molar refractivity (Wildman–Crippen MR) is 92.6 cm³/mol. The van der Waals surface area contributed by atoms with Crippen LogP contribution in [0, 0.1) is 0 Å². The molecule has 0 aliphatic heterocycles. The summed E-state index contributed by atoms with van der Waals surface area (Å²) in [7, 11) is 3.08.